The molecule has 0 atom stereocenters. The maximum atomic E-state index is 13.0. The molecule has 0 bridgehead atoms. The third-order valence-electron chi connectivity index (χ3n) is 5.58. The summed E-state index contributed by atoms with van der Waals surface area (Å²) in [6.45, 7) is 0.426. The van der Waals surface area contributed by atoms with E-state index in [1.165, 1.54) is 0 Å². The van der Waals surface area contributed by atoms with Gasteiger partial charge in [0, 0.05) is 16.0 Å². The summed E-state index contributed by atoms with van der Waals surface area (Å²) in [4.78, 5) is 17.8. The Morgan fingerprint density at radius 1 is 0.889 bits per heavy atom. The van der Waals surface area contributed by atoms with Gasteiger partial charge in [-0.3, -0.25) is 4.79 Å². The van der Waals surface area contributed by atoms with Crippen molar-refractivity contribution in [1.29, 1.82) is 0 Å². The van der Waals surface area contributed by atoms with E-state index in [2.05, 4.69) is 10.5 Å². The van der Waals surface area contributed by atoms with Crippen molar-refractivity contribution in [2.75, 3.05) is 0 Å². The molecule has 0 aliphatic heterocycles. The number of para-hydroxylation sites is 1. The quantitative estimate of drug-likeness (QED) is 0.199. The maximum Gasteiger partial charge on any atom is 0.272 e. The van der Waals surface area contributed by atoms with Crippen LogP contribution in [0, 0.1) is 0 Å². The minimum Gasteiger partial charge on any atom is -0.489 e. The minimum absolute atomic E-state index is 0.302. The van der Waals surface area contributed by atoms with Crippen LogP contribution in [0.3, 0.4) is 0 Å². The SMILES string of the molecule is O=C(N/N=C\c1ccc(OCc2cccc(Cl)c2)cc1)c1cc(-c2ccccc2)nc2ccccc12. The first-order valence-corrected chi connectivity index (χ1v) is 11.8. The molecule has 5 rings (SSSR count). The second-order valence-corrected chi connectivity index (χ2v) is 8.56. The van der Waals surface area contributed by atoms with E-state index in [1.807, 2.05) is 103 Å². The van der Waals surface area contributed by atoms with Gasteiger partial charge in [0.15, 0.2) is 0 Å². The van der Waals surface area contributed by atoms with Gasteiger partial charge in [0.2, 0.25) is 0 Å². The first kappa shape index (κ1) is 23.3. The Balaban J connectivity index is 1.27. The zero-order chi connectivity index (χ0) is 24.7. The highest BCUT2D eigenvalue weighted by Gasteiger charge is 2.13. The third-order valence-corrected chi connectivity index (χ3v) is 5.82. The van der Waals surface area contributed by atoms with Crippen molar-refractivity contribution in [3.05, 3.63) is 131 Å². The van der Waals surface area contributed by atoms with Gasteiger partial charge in [0.1, 0.15) is 12.4 Å². The largest absolute Gasteiger partial charge is 0.489 e. The number of hydrazone groups is 1. The highest BCUT2D eigenvalue weighted by atomic mass is 35.5. The average Bonchev–Trinajstić information content (AvgIpc) is 2.92. The number of halogens is 1. The van der Waals surface area contributed by atoms with E-state index in [0.29, 0.717) is 17.2 Å². The molecule has 1 aromatic heterocycles. The lowest BCUT2D eigenvalue weighted by Gasteiger charge is -2.09. The van der Waals surface area contributed by atoms with Crippen LogP contribution in [0.4, 0.5) is 0 Å². The van der Waals surface area contributed by atoms with Crippen molar-refractivity contribution in [3.8, 4) is 17.0 Å². The van der Waals surface area contributed by atoms with Crippen LogP contribution in [0.15, 0.2) is 114 Å². The van der Waals surface area contributed by atoms with Gasteiger partial charge in [-0.05, 0) is 59.7 Å². The van der Waals surface area contributed by atoms with E-state index >= 15 is 0 Å². The van der Waals surface area contributed by atoms with Crippen molar-refractivity contribution in [3.63, 3.8) is 0 Å². The number of aromatic nitrogens is 1. The Kier molecular flexibility index (Phi) is 7.01. The maximum absolute atomic E-state index is 13.0. The fourth-order valence-corrected chi connectivity index (χ4v) is 4.00. The minimum atomic E-state index is -0.302. The van der Waals surface area contributed by atoms with Gasteiger partial charge in [-0.2, -0.15) is 5.10 Å². The van der Waals surface area contributed by atoms with Gasteiger partial charge in [-0.15, -0.1) is 0 Å². The van der Waals surface area contributed by atoms with E-state index in [4.69, 9.17) is 21.3 Å². The summed E-state index contributed by atoms with van der Waals surface area (Å²) in [5.41, 5.74) is 7.41. The number of ether oxygens (including phenoxy) is 1. The van der Waals surface area contributed by atoms with Gasteiger partial charge >= 0.3 is 0 Å². The standard InChI is InChI=1S/C30H22ClN3O2/c31-24-10-6-7-22(17-24)20-36-25-15-13-21(14-16-25)19-32-34-30(35)27-18-29(23-8-2-1-3-9-23)33-28-12-5-4-11-26(27)28/h1-19H,20H2,(H,34,35)/b32-19-. The fourth-order valence-electron chi connectivity index (χ4n) is 3.79. The molecule has 36 heavy (non-hydrogen) atoms. The Morgan fingerprint density at radius 2 is 1.67 bits per heavy atom. The molecule has 4 aromatic carbocycles. The second kappa shape index (κ2) is 10.8. The predicted octanol–water partition coefficient (Wildman–Crippen LogP) is 6.90. The predicted molar refractivity (Wildman–Crippen MR) is 144 cm³/mol. The van der Waals surface area contributed by atoms with Gasteiger partial charge in [0.05, 0.1) is 23.0 Å². The van der Waals surface area contributed by atoms with Gasteiger partial charge in [-0.25, -0.2) is 10.4 Å². The van der Waals surface area contributed by atoms with Crippen LogP contribution in [0.5, 0.6) is 5.75 Å². The average molecular weight is 492 g/mol. The van der Waals surface area contributed by atoms with Crippen molar-refractivity contribution in [2.45, 2.75) is 6.61 Å². The second-order valence-electron chi connectivity index (χ2n) is 8.12. The van der Waals surface area contributed by atoms with Crippen LogP contribution in [0.25, 0.3) is 22.2 Å². The van der Waals surface area contributed by atoms with E-state index in [1.54, 1.807) is 12.3 Å². The first-order valence-electron chi connectivity index (χ1n) is 11.4. The van der Waals surface area contributed by atoms with E-state index < -0.39 is 0 Å². The molecule has 0 spiro atoms. The molecule has 1 N–H and O–H groups in total. The molecule has 0 radical (unpaired) electrons. The Labute approximate surface area is 214 Å². The fraction of sp³-hybridized carbons (Fsp3) is 0.0333. The van der Waals surface area contributed by atoms with Crippen LogP contribution in [0.1, 0.15) is 21.5 Å². The zero-order valence-electron chi connectivity index (χ0n) is 19.3. The summed E-state index contributed by atoms with van der Waals surface area (Å²) >= 11 is 6.02. The molecule has 5 aromatic rings. The molecular weight excluding hydrogens is 470 g/mol. The van der Waals surface area contributed by atoms with E-state index in [-0.39, 0.29) is 5.91 Å². The number of pyridine rings is 1. The molecular formula is C30H22ClN3O2. The molecule has 0 saturated carbocycles. The van der Waals surface area contributed by atoms with Crippen molar-refractivity contribution >= 4 is 34.6 Å². The molecule has 0 fully saturated rings. The number of carbonyl (C=O) groups excluding carboxylic acids is 1. The number of fused-ring (bicyclic) bond motifs is 1. The molecule has 0 aliphatic rings. The lowest BCUT2D eigenvalue weighted by atomic mass is 10.0. The van der Waals surface area contributed by atoms with Crippen LogP contribution < -0.4 is 10.2 Å². The smallest absolute Gasteiger partial charge is 0.272 e. The van der Waals surface area contributed by atoms with Crippen molar-refractivity contribution in [2.24, 2.45) is 5.10 Å². The number of nitrogens with one attached hydrogen (secondary N) is 1. The number of carbonyl (C=O) groups is 1. The molecule has 6 heteroatoms. The van der Waals surface area contributed by atoms with Gasteiger partial charge in [-0.1, -0.05) is 72.3 Å². The molecule has 0 saturated heterocycles. The number of benzene rings is 4. The highest BCUT2D eigenvalue weighted by Crippen LogP contribution is 2.25. The number of rotatable bonds is 7. The molecule has 5 nitrogen and oxygen atoms in total. The van der Waals surface area contributed by atoms with Gasteiger partial charge < -0.3 is 4.74 Å². The summed E-state index contributed by atoms with van der Waals surface area (Å²) < 4.78 is 5.81. The monoisotopic (exact) mass is 491 g/mol. The Morgan fingerprint density at radius 3 is 2.47 bits per heavy atom. The summed E-state index contributed by atoms with van der Waals surface area (Å²) in [7, 11) is 0. The van der Waals surface area contributed by atoms with Crippen molar-refractivity contribution in [1.82, 2.24) is 10.4 Å². The van der Waals surface area contributed by atoms with Crippen LogP contribution in [-0.4, -0.2) is 17.1 Å². The highest BCUT2D eigenvalue weighted by molar-refractivity contribution is 6.30. The number of hydrogen-bond acceptors (Lipinski definition) is 4. The summed E-state index contributed by atoms with van der Waals surface area (Å²) in [5, 5.41) is 5.61. The zero-order valence-corrected chi connectivity index (χ0v) is 20.0. The summed E-state index contributed by atoms with van der Waals surface area (Å²) in [5.74, 6) is 0.427. The lowest BCUT2D eigenvalue weighted by Crippen LogP contribution is -2.18. The molecule has 0 aliphatic carbocycles. The van der Waals surface area contributed by atoms with Crippen LogP contribution in [0.2, 0.25) is 5.02 Å². The number of amides is 1. The van der Waals surface area contributed by atoms with Crippen LogP contribution in [-0.2, 0) is 6.61 Å². The molecule has 1 heterocycles. The normalized spacial score (nSPS) is 11.0. The lowest BCUT2D eigenvalue weighted by molar-refractivity contribution is 0.0956. The Hall–Kier alpha value is -4.48. The molecule has 0 unspecified atom stereocenters. The number of hydrogen-bond donors (Lipinski definition) is 1. The third kappa shape index (κ3) is 5.59. The first-order chi connectivity index (χ1) is 17.7. The Bertz CT molecular complexity index is 1530. The summed E-state index contributed by atoms with van der Waals surface area (Å²) in [6.07, 6.45) is 1.60. The van der Waals surface area contributed by atoms with Crippen molar-refractivity contribution < 1.29 is 9.53 Å². The number of nitrogens with zero attached hydrogens (tertiary/aromatic N) is 2. The van der Waals surface area contributed by atoms with Crippen LogP contribution >= 0.6 is 11.6 Å². The van der Waals surface area contributed by atoms with Gasteiger partial charge in [0.25, 0.3) is 5.91 Å². The van der Waals surface area contributed by atoms with E-state index in [0.717, 1.165) is 39.0 Å². The topological polar surface area (TPSA) is 63.6 Å². The molecule has 1 amide bonds. The van der Waals surface area contributed by atoms with E-state index in [9.17, 15) is 4.79 Å². The summed E-state index contributed by atoms with van der Waals surface area (Å²) in [6, 6.07) is 34.2. The molecule has 176 valence electrons.